The fraction of sp³-hybridized carbons (Fsp3) is 0.0833. The number of pyridine rings is 1. The van der Waals surface area contributed by atoms with Crippen molar-refractivity contribution in [3.8, 4) is 0 Å². The standard InChI is InChI=1S/C12H10N2O3/c1-9(10-4-6-13-7-5-10)8-11-2-3-12(17-11)14(15)16/h2-8H,1H3. The van der Waals surface area contributed by atoms with E-state index in [9.17, 15) is 10.1 Å². The monoisotopic (exact) mass is 230 g/mol. The molecule has 0 amide bonds. The van der Waals surface area contributed by atoms with Crippen molar-refractivity contribution >= 4 is 17.5 Å². The van der Waals surface area contributed by atoms with Gasteiger partial charge in [-0.3, -0.25) is 15.1 Å². The highest BCUT2D eigenvalue weighted by Gasteiger charge is 2.10. The summed E-state index contributed by atoms with van der Waals surface area (Å²) in [6, 6.07) is 6.64. The Kier molecular flexibility index (Phi) is 3.00. The van der Waals surface area contributed by atoms with Crippen LogP contribution in [0.15, 0.2) is 41.1 Å². The van der Waals surface area contributed by atoms with Gasteiger partial charge in [-0.05, 0) is 42.3 Å². The van der Waals surface area contributed by atoms with Crippen LogP contribution in [0.5, 0.6) is 0 Å². The molecule has 2 aromatic rings. The van der Waals surface area contributed by atoms with Gasteiger partial charge < -0.3 is 4.42 Å². The van der Waals surface area contributed by atoms with E-state index in [1.807, 2.05) is 19.1 Å². The Morgan fingerprint density at radius 2 is 2.06 bits per heavy atom. The summed E-state index contributed by atoms with van der Waals surface area (Å²) >= 11 is 0. The lowest BCUT2D eigenvalue weighted by atomic mass is 10.1. The van der Waals surface area contributed by atoms with E-state index in [0.717, 1.165) is 11.1 Å². The minimum atomic E-state index is -0.556. The molecule has 0 atom stereocenters. The van der Waals surface area contributed by atoms with Crippen molar-refractivity contribution in [2.24, 2.45) is 0 Å². The first-order valence-electron chi connectivity index (χ1n) is 5.00. The van der Waals surface area contributed by atoms with Gasteiger partial charge in [-0.15, -0.1) is 0 Å². The maximum Gasteiger partial charge on any atom is 0.433 e. The van der Waals surface area contributed by atoms with E-state index >= 15 is 0 Å². The van der Waals surface area contributed by atoms with Crippen LogP contribution in [0.3, 0.4) is 0 Å². The molecular weight excluding hydrogens is 220 g/mol. The van der Waals surface area contributed by atoms with Gasteiger partial charge in [-0.25, -0.2) is 0 Å². The zero-order chi connectivity index (χ0) is 12.3. The molecule has 5 nitrogen and oxygen atoms in total. The van der Waals surface area contributed by atoms with Crippen LogP contribution in [0.25, 0.3) is 11.6 Å². The molecule has 86 valence electrons. The number of nitrogens with zero attached hydrogens (tertiary/aromatic N) is 2. The summed E-state index contributed by atoms with van der Waals surface area (Å²) in [6.45, 7) is 1.91. The minimum Gasteiger partial charge on any atom is -0.401 e. The summed E-state index contributed by atoms with van der Waals surface area (Å²) in [5.74, 6) is 0.213. The van der Waals surface area contributed by atoms with Gasteiger partial charge in [0.05, 0.1) is 6.07 Å². The number of nitro groups is 1. The minimum absolute atomic E-state index is 0.251. The van der Waals surface area contributed by atoms with Crippen molar-refractivity contribution < 1.29 is 9.34 Å². The van der Waals surface area contributed by atoms with Gasteiger partial charge in [-0.2, -0.15) is 0 Å². The van der Waals surface area contributed by atoms with Crippen LogP contribution in [-0.2, 0) is 0 Å². The molecule has 5 heteroatoms. The third kappa shape index (κ3) is 2.57. The maximum absolute atomic E-state index is 10.5. The smallest absolute Gasteiger partial charge is 0.401 e. The van der Waals surface area contributed by atoms with E-state index in [4.69, 9.17) is 4.42 Å². The third-order valence-electron chi connectivity index (χ3n) is 2.29. The lowest BCUT2D eigenvalue weighted by Gasteiger charge is -1.98. The number of allylic oxidation sites excluding steroid dienone is 1. The van der Waals surface area contributed by atoms with Crippen LogP contribution in [0.4, 0.5) is 5.88 Å². The summed E-state index contributed by atoms with van der Waals surface area (Å²) in [5, 5.41) is 10.5. The highest BCUT2D eigenvalue weighted by molar-refractivity contribution is 5.78. The molecule has 0 bridgehead atoms. The summed E-state index contributed by atoms with van der Waals surface area (Å²) in [7, 11) is 0. The van der Waals surface area contributed by atoms with Gasteiger partial charge in [0.2, 0.25) is 0 Å². The molecular formula is C12H10N2O3. The quantitative estimate of drug-likeness (QED) is 0.600. The van der Waals surface area contributed by atoms with E-state index in [1.165, 1.54) is 6.07 Å². The Morgan fingerprint density at radius 3 is 2.65 bits per heavy atom. The predicted octanol–water partition coefficient (Wildman–Crippen LogP) is 3.14. The fourth-order valence-electron chi connectivity index (χ4n) is 1.43. The number of furan rings is 1. The molecule has 0 radical (unpaired) electrons. The zero-order valence-corrected chi connectivity index (χ0v) is 9.16. The second-order valence-corrected chi connectivity index (χ2v) is 3.50. The Bertz CT molecular complexity index is 558. The van der Waals surface area contributed by atoms with Crippen molar-refractivity contribution in [1.82, 2.24) is 4.98 Å². The Hall–Kier alpha value is -2.43. The fourth-order valence-corrected chi connectivity index (χ4v) is 1.43. The van der Waals surface area contributed by atoms with Crippen LogP contribution in [-0.4, -0.2) is 9.91 Å². The third-order valence-corrected chi connectivity index (χ3v) is 2.29. The second-order valence-electron chi connectivity index (χ2n) is 3.50. The number of aromatic nitrogens is 1. The van der Waals surface area contributed by atoms with Gasteiger partial charge in [-0.1, -0.05) is 0 Å². The second kappa shape index (κ2) is 4.61. The van der Waals surface area contributed by atoms with E-state index in [-0.39, 0.29) is 5.88 Å². The van der Waals surface area contributed by atoms with Gasteiger partial charge in [0.15, 0.2) is 0 Å². The Labute approximate surface area is 97.6 Å². The SMILES string of the molecule is CC(=Cc1ccc([N+](=O)[O-])o1)c1ccncc1. The van der Waals surface area contributed by atoms with E-state index in [1.54, 1.807) is 24.5 Å². The van der Waals surface area contributed by atoms with Gasteiger partial charge >= 0.3 is 5.88 Å². The Balaban J connectivity index is 2.27. The molecule has 17 heavy (non-hydrogen) atoms. The van der Waals surface area contributed by atoms with Crippen LogP contribution in [0.1, 0.15) is 18.2 Å². The van der Waals surface area contributed by atoms with Gasteiger partial charge in [0.1, 0.15) is 10.7 Å². The largest absolute Gasteiger partial charge is 0.433 e. The van der Waals surface area contributed by atoms with Crippen LogP contribution >= 0.6 is 0 Å². The Morgan fingerprint density at radius 1 is 1.35 bits per heavy atom. The average Bonchev–Trinajstić information content (AvgIpc) is 2.79. The van der Waals surface area contributed by atoms with Crippen LogP contribution in [0, 0.1) is 10.1 Å². The van der Waals surface area contributed by atoms with E-state index < -0.39 is 4.92 Å². The molecule has 0 spiro atoms. The topological polar surface area (TPSA) is 69.2 Å². The number of hydrogen-bond acceptors (Lipinski definition) is 4. The van der Waals surface area contributed by atoms with E-state index in [2.05, 4.69) is 4.98 Å². The molecule has 0 saturated heterocycles. The van der Waals surface area contributed by atoms with Gasteiger partial charge in [0.25, 0.3) is 0 Å². The van der Waals surface area contributed by atoms with Crippen LogP contribution in [0.2, 0.25) is 0 Å². The molecule has 0 unspecified atom stereocenters. The first kappa shape index (κ1) is 11.1. The predicted molar refractivity (Wildman–Crippen MR) is 63.1 cm³/mol. The van der Waals surface area contributed by atoms with E-state index in [0.29, 0.717) is 5.76 Å². The molecule has 0 aliphatic carbocycles. The molecule has 0 aliphatic heterocycles. The molecule has 0 saturated carbocycles. The van der Waals surface area contributed by atoms with Crippen LogP contribution < -0.4 is 0 Å². The highest BCUT2D eigenvalue weighted by Crippen LogP contribution is 2.21. The zero-order valence-electron chi connectivity index (χ0n) is 9.16. The number of rotatable bonds is 3. The first-order chi connectivity index (χ1) is 8.16. The average molecular weight is 230 g/mol. The first-order valence-corrected chi connectivity index (χ1v) is 5.00. The molecule has 0 aromatic carbocycles. The molecule has 0 fully saturated rings. The van der Waals surface area contributed by atoms with Crippen molar-refractivity contribution in [2.75, 3.05) is 0 Å². The normalized spacial score (nSPS) is 11.5. The van der Waals surface area contributed by atoms with Crippen molar-refractivity contribution in [3.05, 3.63) is 58.1 Å². The van der Waals surface area contributed by atoms with Crippen molar-refractivity contribution in [1.29, 1.82) is 0 Å². The molecule has 0 N–H and O–H groups in total. The lowest BCUT2D eigenvalue weighted by Crippen LogP contribution is -1.82. The van der Waals surface area contributed by atoms with Crippen molar-refractivity contribution in [3.63, 3.8) is 0 Å². The lowest BCUT2D eigenvalue weighted by molar-refractivity contribution is -0.402. The molecule has 0 aliphatic rings. The highest BCUT2D eigenvalue weighted by atomic mass is 16.6. The summed E-state index contributed by atoms with van der Waals surface area (Å²) in [6.07, 6.45) is 5.14. The van der Waals surface area contributed by atoms with Crippen molar-refractivity contribution in [2.45, 2.75) is 6.92 Å². The summed E-state index contributed by atoms with van der Waals surface area (Å²) < 4.78 is 5.05. The molecule has 2 rings (SSSR count). The van der Waals surface area contributed by atoms with Gasteiger partial charge in [0, 0.05) is 12.4 Å². The molecule has 2 aromatic heterocycles. The summed E-state index contributed by atoms with van der Waals surface area (Å²) in [4.78, 5) is 13.8. The molecule has 2 heterocycles. The maximum atomic E-state index is 10.5. The number of hydrogen-bond donors (Lipinski definition) is 0. The summed E-state index contributed by atoms with van der Waals surface area (Å²) in [5.41, 5.74) is 1.95.